The highest BCUT2D eigenvalue weighted by atomic mass is 16.5. The van der Waals surface area contributed by atoms with E-state index in [-0.39, 0.29) is 11.9 Å². The average Bonchev–Trinajstić information content (AvgIpc) is 2.95. The van der Waals surface area contributed by atoms with Crippen molar-refractivity contribution in [2.75, 3.05) is 13.2 Å². The summed E-state index contributed by atoms with van der Waals surface area (Å²) in [6.45, 7) is 1.07. The molecule has 0 radical (unpaired) electrons. The Labute approximate surface area is 126 Å². The zero-order valence-corrected chi connectivity index (χ0v) is 12.4. The number of rotatable bonds is 4. The highest BCUT2D eigenvalue weighted by Crippen LogP contribution is 2.32. The lowest BCUT2D eigenvalue weighted by molar-refractivity contribution is 0.0957. The summed E-state index contributed by atoms with van der Waals surface area (Å²) in [7, 11) is 0. The molecule has 0 bridgehead atoms. The number of carbonyl (C=O) groups excluding carboxylic acids is 1. The van der Waals surface area contributed by atoms with Crippen LogP contribution in [0.5, 0.6) is 5.75 Å². The molecule has 1 heterocycles. The quantitative estimate of drug-likeness (QED) is 0.895. The summed E-state index contributed by atoms with van der Waals surface area (Å²) in [5.41, 5.74) is 7.97. The monoisotopic (exact) mass is 288 g/mol. The molecular weight excluding hydrogens is 264 g/mol. The van der Waals surface area contributed by atoms with Gasteiger partial charge in [-0.15, -0.1) is 0 Å². The molecule has 1 atom stereocenters. The van der Waals surface area contributed by atoms with Crippen LogP contribution in [0.4, 0.5) is 0 Å². The normalized spacial score (nSPS) is 20.3. The lowest BCUT2D eigenvalue weighted by atomic mass is 9.94. The maximum Gasteiger partial charge on any atom is 0.255 e. The number of ether oxygens (including phenoxy) is 1. The topological polar surface area (TPSA) is 64.4 Å². The number of fused-ring (bicyclic) bond motifs is 1. The van der Waals surface area contributed by atoms with E-state index in [4.69, 9.17) is 10.5 Å². The minimum atomic E-state index is -0.0626. The van der Waals surface area contributed by atoms with Crippen LogP contribution in [0.1, 0.15) is 60.5 Å². The first-order chi connectivity index (χ1) is 10.2. The first-order valence-corrected chi connectivity index (χ1v) is 8.04. The van der Waals surface area contributed by atoms with Gasteiger partial charge in [-0.2, -0.15) is 0 Å². The highest BCUT2D eigenvalue weighted by molar-refractivity contribution is 5.97. The summed E-state index contributed by atoms with van der Waals surface area (Å²) >= 11 is 0. The summed E-state index contributed by atoms with van der Waals surface area (Å²) < 4.78 is 5.57. The van der Waals surface area contributed by atoms with Crippen LogP contribution >= 0.6 is 0 Å². The fourth-order valence-corrected chi connectivity index (χ4v) is 3.38. The SMILES string of the molecule is NC(CCC1CCCC1)c1ccc2c(c1)C(=O)NCCO2. The predicted molar refractivity (Wildman–Crippen MR) is 82.4 cm³/mol. The van der Waals surface area contributed by atoms with Crippen LogP contribution in [0.15, 0.2) is 18.2 Å². The van der Waals surface area contributed by atoms with Gasteiger partial charge in [-0.1, -0.05) is 31.7 Å². The molecule has 1 aliphatic heterocycles. The number of nitrogens with two attached hydrogens (primary N) is 1. The molecule has 0 spiro atoms. The molecule has 114 valence electrons. The van der Waals surface area contributed by atoms with Gasteiger partial charge in [0.1, 0.15) is 12.4 Å². The first kappa shape index (κ1) is 14.4. The van der Waals surface area contributed by atoms with Crippen molar-refractivity contribution >= 4 is 5.91 Å². The standard InChI is InChI=1S/C17H24N2O2/c18-15(7-5-12-3-1-2-4-12)13-6-8-16-14(11-13)17(20)19-9-10-21-16/h6,8,11-12,15H,1-5,7,9-10,18H2,(H,19,20). The zero-order chi connectivity index (χ0) is 14.7. The molecule has 1 aliphatic carbocycles. The molecule has 1 aromatic carbocycles. The fraction of sp³-hybridized carbons (Fsp3) is 0.588. The summed E-state index contributed by atoms with van der Waals surface area (Å²) in [5.74, 6) is 1.45. The Morgan fingerprint density at radius 2 is 2.14 bits per heavy atom. The minimum absolute atomic E-state index is 0.00644. The van der Waals surface area contributed by atoms with Crippen LogP contribution in [0.25, 0.3) is 0 Å². The van der Waals surface area contributed by atoms with Crippen LogP contribution in [0, 0.1) is 5.92 Å². The van der Waals surface area contributed by atoms with Crippen LogP contribution in [-0.4, -0.2) is 19.1 Å². The summed E-state index contributed by atoms with van der Waals surface area (Å²) in [6, 6.07) is 5.78. The van der Waals surface area contributed by atoms with Gasteiger partial charge in [0.15, 0.2) is 0 Å². The highest BCUT2D eigenvalue weighted by Gasteiger charge is 2.20. The van der Waals surface area contributed by atoms with Gasteiger partial charge < -0.3 is 15.8 Å². The predicted octanol–water partition coefficient (Wildman–Crippen LogP) is 2.78. The third-order valence-electron chi connectivity index (χ3n) is 4.68. The number of carbonyl (C=O) groups is 1. The van der Waals surface area contributed by atoms with E-state index in [0.29, 0.717) is 24.5 Å². The second-order valence-electron chi connectivity index (χ2n) is 6.19. The average molecular weight is 288 g/mol. The van der Waals surface area contributed by atoms with Crippen LogP contribution < -0.4 is 15.8 Å². The Hall–Kier alpha value is -1.55. The molecule has 1 amide bonds. The molecule has 0 saturated heterocycles. The molecule has 21 heavy (non-hydrogen) atoms. The van der Waals surface area contributed by atoms with Crippen molar-refractivity contribution in [3.8, 4) is 5.75 Å². The molecule has 1 fully saturated rings. The molecule has 3 N–H and O–H groups in total. The molecule has 1 unspecified atom stereocenters. The van der Waals surface area contributed by atoms with Gasteiger partial charge in [-0.3, -0.25) is 4.79 Å². The number of nitrogens with one attached hydrogen (secondary N) is 1. The summed E-state index contributed by atoms with van der Waals surface area (Å²) in [4.78, 5) is 12.0. The largest absolute Gasteiger partial charge is 0.491 e. The van der Waals surface area contributed by atoms with Crippen LogP contribution in [0.2, 0.25) is 0 Å². The van der Waals surface area contributed by atoms with Crippen molar-refractivity contribution in [3.63, 3.8) is 0 Å². The Morgan fingerprint density at radius 3 is 2.95 bits per heavy atom. The lowest BCUT2D eigenvalue weighted by Gasteiger charge is -2.16. The molecule has 4 nitrogen and oxygen atoms in total. The molecule has 4 heteroatoms. The van der Waals surface area contributed by atoms with E-state index in [1.54, 1.807) is 0 Å². The molecule has 0 aromatic heterocycles. The Bertz CT molecular complexity index is 510. The second-order valence-corrected chi connectivity index (χ2v) is 6.19. The molecule has 3 rings (SSSR count). The van der Waals surface area contributed by atoms with Crippen molar-refractivity contribution in [3.05, 3.63) is 29.3 Å². The van der Waals surface area contributed by atoms with Crippen molar-refractivity contribution < 1.29 is 9.53 Å². The maximum atomic E-state index is 12.0. The smallest absolute Gasteiger partial charge is 0.255 e. The summed E-state index contributed by atoms with van der Waals surface area (Å²) in [6.07, 6.45) is 7.64. The van der Waals surface area contributed by atoms with Crippen LogP contribution in [-0.2, 0) is 0 Å². The van der Waals surface area contributed by atoms with E-state index in [9.17, 15) is 4.79 Å². The van der Waals surface area contributed by atoms with E-state index >= 15 is 0 Å². The zero-order valence-electron chi connectivity index (χ0n) is 12.4. The molecule has 2 aliphatic rings. The van der Waals surface area contributed by atoms with Crippen molar-refractivity contribution in [2.45, 2.75) is 44.6 Å². The van der Waals surface area contributed by atoms with Gasteiger partial charge in [0.25, 0.3) is 5.91 Å². The van der Waals surface area contributed by atoms with Crippen LogP contribution in [0.3, 0.4) is 0 Å². The van der Waals surface area contributed by atoms with Crippen molar-refractivity contribution in [1.29, 1.82) is 0 Å². The van der Waals surface area contributed by atoms with Gasteiger partial charge >= 0.3 is 0 Å². The van der Waals surface area contributed by atoms with E-state index in [0.717, 1.165) is 17.9 Å². The van der Waals surface area contributed by atoms with E-state index < -0.39 is 0 Å². The maximum absolute atomic E-state index is 12.0. The third kappa shape index (κ3) is 3.38. The number of benzene rings is 1. The minimum Gasteiger partial charge on any atom is -0.491 e. The van der Waals surface area contributed by atoms with Gasteiger partial charge in [0.05, 0.1) is 12.1 Å². The van der Waals surface area contributed by atoms with Gasteiger partial charge in [-0.05, 0) is 36.5 Å². The van der Waals surface area contributed by atoms with Crippen molar-refractivity contribution in [1.82, 2.24) is 5.32 Å². The Balaban J connectivity index is 1.68. The molecular formula is C17H24N2O2. The van der Waals surface area contributed by atoms with E-state index in [2.05, 4.69) is 5.32 Å². The van der Waals surface area contributed by atoms with Gasteiger partial charge in [0, 0.05) is 6.04 Å². The Morgan fingerprint density at radius 1 is 1.33 bits per heavy atom. The number of amides is 1. The first-order valence-electron chi connectivity index (χ1n) is 8.04. The number of hydrogen-bond donors (Lipinski definition) is 2. The lowest BCUT2D eigenvalue weighted by Crippen LogP contribution is -2.24. The van der Waals surface area contributed by atoms with E-state index in [1.165, 1.54) is 32.1 Å². The number of hydrogen-bond acceptors (Lipinski definition) is 3. The Kier molecular flexibility index (Phi) is 4.44. The van der Waals surface area contributed by atoms with Crippen molar-refractivity contribution in [2.24, 2.45) is 11.7 Å². The molecule has 1 aromatic rings. The van der Waals surface area contributed by atoms with Gasteiger partial charge in [-0.25, -0.2) is 0 Å². The third-order valence-corrected chi connectivity index (χ3v) is 4.68. The van der Waals surface area contributed by atoms with Gasteiger partial charge in [0.2, 0.25) is 0 Å². The van der Waals surface area contributed by atoms with E-state index in [1.807, 2.05) is 18.2 Å². The second kappa shape index (κ2) is 6.48. The molecule has 1 saturated carbocycles. The summed E-state index contributed by atoms with van der Waals surface area (Å²) in [5, 5.41) is 2.84. The fourth-order valence-electron chi connectivity index (χ4n) is 3.38.